The van der Waals surface area contributed by atoms with Gasteiger partial charge in [0.05, 0.1) is 23.1 Å². The minimum Gasteiger partial charge on any atom is -0.478 e. The smallest absolute Gasteiger partial charge is 0.337 e. The fourth-order valence-corrected chi connectivity index (χ4v) is 3.05. The minimum atomic E-state index is -1.03. The van der Waals surface area contributed by atoms with Crippen molar-refractivity contribution in [2.24, 2.45) is 0 Å². The monoisotopic (exact) mass is 356 g/mol. The lowest BCUT2D eigenvalue weighted by molar-refractivity contribution is -0.136. The van der Waals surface area contributed by atoms with Crippen LogP contribution in [0.2, 0.25) is 0 Å². The van der Waals surface area contributed by atoms with Gasteiger partial charge in [0.25, 0.3) is 0 Å². The van der Waals surface area contributed by atoms with Crippen LogP contribution in [0.15, 0.2) is 30.9 Å². The van der Waals surface area contributed by atoms with E-state index in [4.69, 9.17) is 9.84 Å². The van der Waals surface area contributed by atoms with E-state index in [2.05, 4.69) is 15.0 Å². The number of carboxylic acids is 1. The Hall–Kier alpha value is -2.87. The molecule has 136 valence electrons. The summed E-state index contributed by atoms with van der Waals surface area (Å²) in [5.74, 6) is -0.816. The Labute approximate surface area is 150 Å². The molecule has 0 radical (unpaired) electrons. The molecule has 0 bridgehead atoms. The molecule has 1 N–H and O–H groups in total. The fraction of sp³-hybridized carbons (Fsp3) is 0.389. The SMILES string of the molecule is COCC(=O)N1CCC(c2cncc(-c3cncc(C(=O)O)c3)n2)CC1. The van der Waals surface area contributed by atoms with Crippen molar-refractivity contribution in [3.05, 3.63) is 42.1 Å². The third-order valence-electron chi connectivity index (χ3n) is 4.47. The maximum absolute atomic E-state index is 11.9. The summed E-state index contributed by atoms with van der Waals surface area (Å²) >= 11 is 0. The zero-order chi connectivity index (χ0) is 18.5. The number of aromatic carboxylic acids is 1. The average molecular weight is 356 g/mol. The van der Waals surface area contributed by atoms with Crippen molar-refractivity contribution in [3.8, 4) is 11.3 Å². The first-order valence-corrected chi connectivity index (χ1v) is 8.36. The Morgan fingerprint density at radius 2 is 1.92 bits per heavy atom. The Balaban J connectivity index is 1.73. The molecule has 0 unspecified atom stereocenters. The lowest BCUT2D eigenvalue weighted by atomic mass is 9.93. The first kappa shape index (κ1) is 17.9. The van der Waals surface area contributed by atoms with Gasteiger partial charge in [-0.25, -0.2) is 9.78 Å². The number of piperidine rings is 1. The first-order chi connectivity index (χ1) is 12.6. The quantitative estimate of drug-likeness (QED) is 0.867. The van der Waals surface area contributed by atoms with Crippen LogP contribution in [0.1, 0.15) is 34.8 Å². The second-order valence-electron chi connectivity index (χ2n) is 6.18. The lowest BCUT2D eigenvalue weighted by Gasteiger charge is -2.31. The number of carboxylic acid groups (broad SMARTS) is 1. The van der Waals surface area contributed by atoms with Crippen molar-refractivity contribution in [1.82, 2.24) is 19.9 Å². The van der Waals surface area contributed by atoms with Gasteiger partial charge in [-0.1, -0.05) is 0 Å². The number of amides is 1. The number of carbonyl (C=O) groups excluding carboxylic acids is 1. The Morgan fingerprint density at radius 3 is 2.62 bits per heavy atom. The van der Waals surface area contributed by atoms with E-state index in [1.54, 1.807) is 23.5 Å². The molecule has 0 aromatic carbocycles. The number of nitrogens with zero attached hydrogens (tertiary/aromatic N) is 4. The number of pyridine rings is 1. The molecule has 1 amide bonds. The van der Waals surface area contributed by atoms with Crippen LogP contribution < -0.4 is 0 Å². The molecule has 8 heteroatoms. The Morgan fingerprint density at radius 1 is 1.19 bits per heavy atom. The van der Waals surface area contributed by atoms with Crippen LogP contribution in [-0.2, 0) is 9.53 Å². The maximum atomic E-state index is 11.9. The second-order valence-corrected chi connectivity index (χ2v) is 6.18. The summed E-state index contributed by atoms with van der Waals surface area (Å²) in [6.07, 6.45) is 7.82. The number of hydrogen-bond acceptors (Lipinski definition) is 6. The highest BCUT2D eigenvalue weighted by Crippen LogP contribution is 2.28. The van der Waals surface area contributed by atoms with Gasteiger partial charge in [-0.2, -0.15) is 0 Å². The van der Waals surface area contributed by atoms with Gasteiger partial charge in [0.2, 0.25) is 5.91 Å². The summed E-state index contributed by atoms with van der Waals surface area (Å²) < 4.78 is 4.90. The molecule has 1 aliphatic rings. The number of methoxy groups -OCH3 is 1. The number of ether oxygens (including phenoxy) is 1. The van der Waals surface area contributed by atoms with E-state index in [1.807, 2.05) is 0 Å². The molecule has 1 fully saturated rings. The summed E-state index contributed by atoms with van der Waals surface area (Å²) in [6, 6.07) is 1.54. The Bertz CT molecular complexity index is 803. The van der Waals surface area contributed by atoms with Crippen molar-refractivity contribution < 1.29 is 19.4 Å². The number of rotatable bonds is 5. The molecule has 3 rings (SSSR count). The van der Waals surface area contributed by atoms with E-state index in [1.165, 1.54) is 19.4 Å². The summed E-state index contributed by atoms with van der Waals surface area (Å²) in [7, 11) is 1.51. The van der Waals surface area contributed by atoms with E-state index in [0.717, 1.165) is 18.5 Å². The molecular formula is C18H20N4O4. The van der Waals surface area contributed by atoms with Crippen LogP contribution in [0.4, 0.5) is 0 Å². The van der Waals surface area contributed by atoms with Gasteiger partial charge in [0.15, 0.2) is 0 Å². The number of aromatic nitrogens is 3. The normalized spacial score (nSPS) is 15.0. The van der Waals surface area contributed by atoms with Crippen molar-refractivity contribution in [1.29, 1.82) is 0 Å². The van der Waals surface area contributed by atoms with Gasteiger partial charge in [-0.05, 0) is 18.9 Å². The average Bonchev–Trinajstić information content (AvgIpc) is 2.68. The number of carbonyl (C=O) groups is 2. The molecule has 2 aromatic rings. The summed E-state index contributed by atoms with van der Waals surface area (Å²) in [5.41, 5.74) is 2.17. The molecule has 3 heterocycles. The zero-order valence-corrected chi connectivity index (χ0v) is 14.5. The van der Waals surface area contributed by atoms with Crippen molar-refractivity contribution in [3.63, 3.8) is 0 Å². The van der Waals surface area contributed by atoms with E-state index >= 15 is 0 Å². The van der Waals surface area contributed by atoms with Gasteiger partial charge >= 0.3 is 5.97 Å². The van der Waals surface area contributed by atoms with Crippen LogP contribution >= 0.6 is 0 Å². The van der Waals surface area contributed by atoms with Crippen LogP contribution in [0.5, 0.6) is 0 Å². The van der Waals surface area contributed by atoms with E-state index < -0.39 is 5.97 Å². The fourth-order valence-electron chi connectivity index (χ4n) is 3.05. The standard InChI is InChI=1S/C18H20N4O4/c1-26-11-17(23)22-4-2-12(3-5-22)15-9-20-10-16(21-15)13-6-14(18(24)25)8-19-7-13/h6-10,12H,2-5,11H2,1H3,(H,24,25). The van der Waals surface area contributed by atoms with Crippen molar-refractivity contribution in [2.45, 2.75) is 18.8 Å². The largest absolute Gasteiger partial charge is 0.478 e. The predicted octanol–water partition coefficient (Wildman–Crippen LogP) is 1.59. The highest BCUT2D eigenvalue weighted by molar-refractivity contribution is 5.88. The number of hydrogen-bond donors (Lipinski definition) is 1. The van der Waals surface area contributed by atoms with Gasteiger partial charge in [0.1, 0.15) is 6.61 Å². The third-order valence-corrected chi connectivity index (χ3v) is 4.47. The third kappa shape index (κ3) is 4.02. The highest BCUT2D eigenvalue weighted by Gasteiger charge is 2.25. The van der Waals surface area contributed by atoms with Crippen molar-refractivity contribution in [2.75, 3.05) is 26.8 Å². The predicted molar refractivity (Wildman–Crippen MR) is 92.7 cm³/mol. The molecule has 0 saturated carbocycles. The van der Waals surface area contributed by atoms with Gasteiger partial charge in [-0.15, -0.1) is 0 Å². The van der Waals surface area contributed by atoms with Crippen LogP contribution in [0, 0.1) is 0 Å². The molecule has 0 aliphatic carbocycles. The number of likely N-dealkylation sites (tertiary alicyclic amines) is 1. The molecule has 1 saturated heterocycles. The van der Waals surface area contributed by atoms with Crippen LogP contribution in [0.3, 0.4) is 0 Å². The van der Waals surface area contributed by atoms with Crippen LogP contribution in [0.25, 0.3) is 11.3 Å². The van der Waals surface area contributed by atoms with Gasteiger partial charge in [0, 0.05) is 50.3 Å². The maximum Gasteiger partial charge on any atom is 0.337 e. The second kappa shape index (κ2) is 8.01. The molecule has 1 aliphatic heterocycles. The Kier molecular flexibility index (Phi) is 5.52. The van der Waals surface area contributed by atoms with E-state index in [9.17, 15) is 9.59 Å². The molecule has 26 heavy (non-hydrogen) atoms. The zero-order valence-electron chi connectivity index (χ0n) is 14.5. The molecule has 8 nitrogen and oxygen atoms in total. The summed E-state index contributed by atoms with van der Waals surface area (Å²) in [6.45, 7) is 1.43. The van der Waals surface area contributed by atoms with E-state index in [-0.39, 0.29) is 24.0 Å². The van der Waals surface area contributed by atoms with Crippen molar-refractivity contribution >= 4 is 11.9 Å². The molecular weight excluding hydrogens is 336 g/mol. The highest BCUT2D eigenvalue weighted by atomic mass is 16.5. The minimum absolute atomic E-state index is 0.00217. The topological polar surface area (TPSA) is 106 Å². The van der Waals surface area contributed by atoms with Gasteiger partial charge in [-0.3, -0.25) is 14.8 Å². The molecule has 0 atom stereocenters. The molecule has 0 spiro atoms. The van der Waals surface area contributed by atoms with Gasteiger partial charge < -0.3 is 14.7 Å². The molecule has 2 aromatic heterocycles. The van der Waals surface area contributed by atoms with Crippen LogP contribution in [-0.4, -0.2) is 63.6 Å². The summed E-state index contributed by atoms with van der Waals surface area (Å²) in [5, 5.41) is 9.11. The van der Waals surface area contributed by atoms with E-state index in [0.29, 0.717) is 24.3 Å². The lowest BCUT2D eigenvalue weighted by Crippen LogP contribution is -2.39. The first-order valence-electron chi connectivity index (χ1n) is 8.36. The summed E-state index contributed by atoms with van der Waals surface area (Å²) in [4.78, 5) is 37.7.